The molecule has 0 radical (unpaired) electrons. The van der Waals surface area contributed by atoms with E-state index in [0.717, 1.165) is 26.8 Å². The summed E-state index contributed by atoms with van der Waals surface area (Å²) in [5.41, 5.74) is -0.00855. The molecule has 4 rings (SSSR count). The summed E-state index contributed by atoms with van der Waals surface area (Å²) in [4.78, 5) is 22.9. The summed E-state index contributed by atoms with van der Waals surface area (Å²) < 4.78 is 13.0. The topological polar surface area (TPSA) is 123 Å². The van der Waals surface area contributed by atoms with Crippen molar-refractivity contribution in [1.82, 2.24) is 9.78 Å². The molecule has 1 aromatic heterocycles. The van der Waals surface area contributed by atoms with Crippen molar-refractivity contribution in [2.45, 2.75) is 104 Å². The Hall–Kier alpha value is -3.49. The second-order valence-corrected chi connectivity index (χ2v) is 24.8. The van der Waals surface area contributed by atoms with Crippen LogP contribution in [0.5, 0.6) is 11.5 Å². The van der Waals surface area contributed by atoms with Crippen LogP contribution in [0.3, 0.4) is 0 Å². The van der Waals surface area contributed by atoms with Gasteiger partial charge in [0.25, 0.3) is 0 Å². The predicted octanol–water partition coefficient (Wildman–Crippen LogP) is 7.60. The first-order valence-corrected chi connectivity index (χ1v) is 20.6. The van der Waals surface area contributed by atoms with Crippen molar-refractivity contribution in [3.63, 3.8) is 0 Å². The van der Waals surface area contributed by atoms with E-state index >= 15 is 0 Å². The first kappa shape index (κ1) is 35.0. The van der Waals surface area contributed by atoms with E-state index < -0.39 is 39.0 Å². The molecule has 240 valence electrons. The number of nitrogens with zero attached hydrogens (tertiary/aromatic N) is 4. The fraction of sp³-hybridized carbons (Fsp3) is 0.500. The Labute approximate surface area is 262 Å². The van der Waals surface area contributed by atoms with E-state index in [1.165, 1.54) is 0 Å². The van der Waals surface area contributed by atoms with Crippen LogP contribution in [0.15, 0.2) is 47.7 Å². The summed E-state index contributed by atoms with van der Waals surface area (Å²) in [5.74, 6) is 1.56. The third kappa shape index (κ3) is 6.92. The molecule has 0 saturated carbocycles. The number of carbonyl (C=O) groups is 2. The molecular weight excluding hydrogens is 593 g/mol. The maximum atomic E-state index is 11.9. The number of amides is 1. The minimum Gasteiger partial charge on any atom is -0.543 e. The van der Waals surface area contributed by atoms with Crippen molar-refractivity contribution in [2.75, 3.05) is 0 Å². The molecule has 10 nitrogen and oxygen atoms in total. The van der Waals surface area contributed by atoms with E-state index in [4.69, 9.17) is 14.0 Å². The minimum absolute atomic E-state index is 0.104. The van der Waals surface area contributed by atoms with Gasteiger partial charge in [0.2, 0.25) is 16.6 Å². The maximum Gasteiger partial charge on any atom is 0.546 e. The van der Waals surface area contributed by atoms with Gasteiger partial charge in [0.15, 0.2) is 0 Å². The summed E-state index contributed by atoms with van der Waals surface area (Å²) in [6, 6.07) is 11.0. The van der Waals surface area contributed by atoms with Crippen LogP contribution in [0.25, 0.3) is 17.1 Å². The highest BCUT2D eigenvalue weighted by atomic mass is 28.4. The molecule has 1 aliphatic heterocycles. The standard InChI is InChI=1S/C18H28N2O3Si.C14H20N2O3Si/c1-17(2,3)20(16(21)22)12-13-11-14(9-10-15(13)19-20)23-24(7,8)18(4,5)6;1-14(2,3)20(4,5)19-11-6-7-12-10(8-11)9-15-16(12)13(17)18/h9-12H,1-8H3;6-9H,1-5H3,(H,17,18)/p+1. The molecule has 0 bridgehead atoms. The molecule has 12 heteroatoms. The predicted molar refractivity (Wildman–Crippen MR) is 179 cm³/mol. The molecule has 2 N–H and O–H groups in total. The number of quaternary nitrogens is 1. The Morgan fingerprint density at radius 3 is 1.75 bits per heavy atom. The van der Waals surface area contributed by atoms with Crippen molar-refractivity contribution in [1.29, 1.82) is 0 Å². The fourth-order valence-corrected chi connectivity index (χ4v) is 6.09. The lowest BCUT2D eigenvalue weighted by atomic mass is 10.1. The quantitative estimate of drug-likeness (QED) is 0.222. The number of hydrogen-bond donors (Lipinski definition) is 2. The molecule has 2 aromatic carbocycles. The number of benzene rings is 2. The van der Waals surface area contributed by atoms with Gasteiger partial charge in [-0.15, -0.1) is 0 Å². The van der Waals surface area contributed by atoms with Crippen molar-refractivity contribution in [3.05, 3.63) is 53.2 Å². The molecule has 0 aliphatic carbocycles. The van der Waals surface area contributed by atoms with Gasteiger partial charge in [-0.2, -0.15) is 14.6 Å². The van der Waals surface area contributed by atoms with Gasteiger partial charge in [0.05, 0.1) is 16.9 Å². The fourth-order valence-electron chi connectivity index (χ4n) is 4.04. The highest BCUT2D eigenvalue weighted by Crippen LogP contribution is 2.38. The summed E-state index contributed by atoms with van der Waals surface area (Å²) in [5, 5.41) is 29.6. The van der Waals surface area contributed by atoms with Gasteiger partial charge in [-0.1, -0.05) is 51.2 Å². The molecule has 0 saturated heterocycles. The van der Waals surface area contributed by atoms with Gasteiger partial charge in [-0.3, -0.25) is 0 Å². The van der Waals surface area contributed by atoms with Crippen LogP contribution in [0.4, 0.5) is 9.59 Å². The molecule has 2 heterocycles. The van der Waals surface area contributed by atoms with Crippen LogP contribution in [-0.2, 0) is 0 Å². The van der Waals surface area contributed by atoms with E-state index in [0.29, 0.717) is 10.9 Å². The second kappa shape index (κ2) is 11.5. The molecule has 0 spiro atoms. The highest BCUT2D eigenvalue weighted by Gasteiger charge is 2.50. The monoisotopic (exact) mass is 641 g/mol. The van der Waals surface area contributed by atoms with E-state index in [1.54, 1.807) is 18.5 Å². The zero-order chi connectivity index (χ0) is 33.7. The Bertz CT molecular complexity index is 1690. The van der Waals surface area contributed by atoms with Gasteiger partial charge >= 0.3 is 12.2 Å². The number of fused-ring (bicyclic) bond motifs is 2. The van der Waals surface area contributed by atoms with Gasteiger partial charge in [-0.25, -0.2) is 4.79 Å². The number of rotatable bonds is 4. The Kier molecular flexibility index (Phi) is 9.12. The lowest BCUT2D eigenvalue weighted by molar-refractivity contribution is -0.836. The Morgan fingerprint density at radius 1 is 0.795 bits per heavy atom. The summed E-state index contributed by atoms with van der Waals surface area (Å²) in [6.07, 6.45) is 1.18. The van der Waals surface area contributed by atoms with Crippen molar-refractivity contribution in [3.8, 4) is 11.5 Å². The van der Waals surface area contributed by atoms with E-state index in [1.807, 2.05) is 51.1 Å². The molecule has 44 heavy (non-hydrogen) atoms. The molecule has 3 aromatic rings. The van der Waals surface area contributed by atoms with E-state index in [9.17, 15) is 14.7 Å². The van der Waals surface area contributed by atoms with Gasteiger partial charge < -0.3 is 19.1 Å². The van der Waals surface area contributed by atoms with Crippen molar-refractivity contribution < 1.29 is 33.2 Å². The smallest absolute Gasteiger partial charge is 0.543 e. The zero-order valence-electron chi connectivity index (χ0n) is 28.4. The van der Waals surface area contributed by atoms with Crippen LogP contribution in [0.1, 0.15) is 62.3 Å². The van der Waals surface area contributed by atoms with Crippen molar-refractivity contribution in [2.24, 2.45) is 5.10 Å². The highest BCUT2D eigenvalue weighted by molar-refractivity contribution is 6.75. The van der Waals surface area contributed by atoms with Crippen LogP contribution in [0, 0.1) is 0 Å². The van der Waals surface area contributed by atoms with Gasteiger partial charge in [0, 0.05) is 5.39 Å². The average Bonchev–Trinajstić information content (AvgIpc) is 3.44. The molecule has 1 aliphatic rings. The largest absolute Gasteiger partial charge is 0.546 e. The second-order valence-electron chi connectivity index (χ2n) is 15.4. The number of carboxylic acid groups (broad SMARTS) is 2. The normalized spacial score (nSPS) is 17.1. The third-order valence-electron chi connectivity index (χ3n) is 8.98. The lowest BCUT2D eigenvalue weighted by Gasteiger charge is -2.36. The number of hydrogen-bond acceptors (Lipinski definition) is 6. The first-order chi connectivity index (χ1) is 19.8. The Morgan fingerprint density at radius 2 is 1.30 bits per heavy atom. The van der Waals surface area contributed by atoms with Gasteiger partial charge in [-0.05, 0) is 93.4 Å². The molecular formula is C32H49N4O6Si2+. The van der Waals surface area contributed by atoms with Crippen LogP contribution >= 0.6 is 0 Å². The van der Waals surface area contributed by atoms with E-state index in [-0.39, 0.29) is 10.1 Å². The maximum absolute atomic E-state index is 11.9. The Balaban J connectivity index is 0.000000244. The number of aromatic nitrogens is 2. The zero-order valence-corrected chi connectivity index (χ0v) is 30.4. The summed E-state index contributed by atoms with van der Waals surface area (Å²) in [6.45, 7) is 27.5. The molecule has 0 fully saturated rings. The van der Waals surface area contributed by atoms with Crippen LogP contribution in [-0.4, -0.2) is 58.9 Å². The molecule has 1 amide bonds. The third-order valence-corrected chi connectivity index (χ3v) is 17.7. The minimum atomic E-state index is -1.94. The average molecular weight is 642 g/mol. The molecule has 1 atom stereocenters. The lowest BCUT2D eigenvalue weighted by Crippen LogP contribution is -2.54. The summed E-state index contributed by atoms with van der Waals surface area (Å²) in [7, 11) is -3.83. The van der Waals surface area contributed by atoms with Gasteiger partial charge in [0.1, 0.15) is 28.6 Å². The SMILES string of the molecule is CC(C)(C)[N+]1(C(=O)O)C=c2cc(O[Si](C)(C)C(C)(C)C)ccc2=N1.CC(C)(C)[Si](C)(C)Oc1ccc2c(cnn2C(=O)O)c1. The first-order valence-electron chi connectivity index (χ1n) is 14.8. The van der Waals surface area contributed by atoms with E-state index in [2.05, 4.69) is 77.9 Å². The van der Waals surface area contributed by atoms with Crippen LogP contribution in [0.2, 0.25) is 36.3 Å². The summed E-state index contributed by atoms with van der Waals surface area (Å²) >= 11 is 0. The van der Waals surface area contributed by atoms with Crippen LogP contribution < -0.4 is 19.4 Å². The molecule has 1 unspecified atom stereocenters. The van der Waals surface area contributed by atoms with Crippen molar-refractivity contribution >= 4 is 45.9 Å².